The predicted octanol–water partition coefficient (Wildman–Crippen LogP) is -1.44. The number of carbonyl (C=O) groups is 6. The summed E-state index contributed by atoms with van der Waals surface area (Å²) >= 11 is 0. The summed E-state index contributed by atoms with van der Waals surface area (Å²) in [6.45, 7) is 2.13. The van der Waals surface area contributed by atoms with Crippen LogP contribution in [0, 0.1) is 0 Å². The molecule has 0 aliphatic heterocycles. The summed E-state index contributed by atoms with van der Waals surface area (Å²) in [5.74, 6) is -5.47. The van der Waals surface area contributed by atoms with Crippen molar-refractivity contribution < 1.29 is 66.3 Å². The van der Waals surface area contributed by atoms with Gasteiger partial charge >= 0.3 is 17.9 Å². The second-order valence-electron chi connectivity index (χ2n) is 15.8. The number of rotatable bonds is 30. The van der Waals surface area contributed by atoms with Crippen LogP contribution in [0.5, 0.6) is 23.0 Å². The lowest BCUT2D eigenvalue weighted by Crippen LogP contribution is -2.43. The van der Waals surface area contributed by atoms with Crippen molar-refractivity contribution in [2.24, 2.45) is 49.4 Å². The van der Waals surface area contributed by atoms with Crippen LogP contribution in [0.4, 0.5) is 0 Å². The van der Waals surface area contributed by atoms with Gasteiger partial charge in [0.05, 0.1) is 21.3 Å². The van der Waals surface area contributed by atoms with Crippen molar-refractivity contribution >= 4 is 75.4 Å². The van der Waals surface area contributed by atoms with Crippen LogP contribution in [-0.2, 0) is 43.0 Å². The molecular formula is C45H64N12O15. The number of aliphatic imine (C=N–C) groups is 3. The van der Waals surface area contributed by atoms with Gasteiger partial charge in [-0.1, -0.05) is 5.57 Å². The second-order valence-corrected chi connectivity index (χ2v) is 15.8. The van der Waals surface area contributed by atoms with E-state index in [2.05, 4.69) is 30.9 Å². The normalized spacial score (nSPS) is 11.8. The van der Waals surface area contributed by atoms with Gasteiger partial charge in [0.15, 0.2) is 37.7 Å². The summed E-state index contributed by atoms with van der Waals surface area (Å²) in [5.41, 5.74) is 32.2. The molecule has 0 saturated heterocycles. The Morgan fingerprint density at radius 1 is 0.556 bits per heavy atom. The minimum Gasteiger partial charge on any atom is -0.489 e. The van der Waals surface area contributed by atoms with Crippen LogP contribution < -0.4 is 74.7 Å². The Bertz CT molecular complexity index is 2560. The van der Waals surface area contributed by atoms with E-state index >= 15 is 0 Å². The van der Waals surface area contributed by atoms with E-state index < -0.39 is 79.0 Å². The van der Waals surface area contributed by atoms with Gasteiger partial charge in [-0.3, -0.25) is 34.2 Å². The van der Waals surface area contributed by atoms with Crippen LogP contribution in [0.2, 0.25) is 0 Å². The standard InChI is InChI=1S/C45H64N12O15/c1-24(2)12-16-68-25-17-30(70-22-35(59)56-28(41(63)66-4)10-7-14-53-44(48)49)37-32(19-25)72-33-20-26(69-21-34(58)55-27(40(62)65-3)9-6-13-52-43(46)47)18-31(38(33)39(37)61)71-23-36(60)57-29(42(64)67-5)11-8-15-54-45(50)51/h12,17-20,27-29H,6-11,13-16,21-23H2,1-5H3,(H,55,58)(H,56,59)(H,57,60)(H4,46,47,52)(H4,48,49,53)(H4,50,51,54)/t27-,28-,29-/m0/s1. The van der Waals surface area contributed by atoms with Gasteiger partial charge in [-0.05, 0) is 58.4 Å². The van der Waals surface area contributed by atoms with E-state index in [9.17, 15) is 33.6 Å². The maximum absolute atomic E-state index is 14.7. The molecule has 0 unspecified atom stereocenters. The lowest BCUT2D eigenvalue weighted by atomic mass is 10.1. The molecule has 72 heavy (non-hydrogen) atoms. The molecule has 3 aromatic rings. The number of guanidine groups is 3. The fourth-order valence-corrected chi connectivity index (χ4v) is 6.51. The number of amides is 3. The maximum Gasteiger partial charge on any atom is 0.328 e. The quantitative estimate of drug-likeness (QED) is 0.00702. The first-order chi connectivity index (χ1) is 34.3. The van der Waals surface area contributed by atoms with Gasteiger partial charge in [-0.25, -0.2) is 14.4 Å². The highest BCUT2D eigenvalue weighted by atomic mass is 16.5. The molecule has 3 atom stereocenters. The lowest BCUT2D eigenvalue weighted by molar-refractivity contribution is -0.145. The first-order valence-electron chi connectivity index (χ1n) is 22.3. The zero-order valence-corrected chi connectivity index (χ0v) is 40.7. The average Bonchev–Trinajstić information content (AvgIpc) is 3.33. The molecule has 0 aliphatic rings. The molecule has 0 aliphatic carbocycles. The van der Waals surface area contributed by atoms with E-state index in [0.717, 1.165) is 26.9 Å². The van der Waals surface area contributed by atoms with Gasteiger partial charge < -0.3 is 87.9 Å². The Balaban J connectivity index is 2.11. The van der Waals surface area contributed by atoms with Crippen LogP contribution >= 0.6 is 0 Å². The Morgan fingerprint density at radius 3 is 1.24 bits per heavy atom. The number of esters is 3. The van der Waals surface area contributed by atoms with Crippen molar-refractivity contribution in [2.75, 3.05) is 67.4 Å². The van der Waals surface area contributed by atoms with Crippen LogP contribution in [0.1, 0.15) is 52.4 Å². The number of methoxy groups -OCH3 is 3. The van der Waals surface area contributed by atoms with E-state index in [1.807, 2.05) is 13.8 Å². The van der Waals surface area contributed by atoms with Gasteiger partial charge in [-0.2, -0.15) is 0 Å². The molecule has 0 bridgehead atoms. The predicted molar refractivity (Wildman–Crippen MR) is 263 cm³/mol. The molecule has 394 valence electrons. The summed E-state index contributed by atoms with van der Waals surface area (Å²) < 4.78 is 44.4. The molecule has 1 aromatic heterocycles. The first kappa shape index (κ1) is 57.8. The molecule has 2 aromatic carbocycles. The van der Waals surface area contributed by atoms with E-state index in [1.165, 1.54) is 24.3 Å². The van der Waals surface area contributed by atoms with E-state index in [4.69, 9.17) is 72.0 Å². The molecule has 27 nitrogen and oxygen atoms in total. The monoisotopic (exact) mass is 1010 g/mol. The number of ether oxygens (including phenoxy) is 7. The number of hydrogen-bond donors (Lipinski definition) is 9. The third-order valence-corrected chi connectivity index (χ3v) is 9.88. The maximum atomic E-state index is 14.7. The number of allylic oxidation sites excluding steroid dienone is 1. The molecule has 15 N–H and O–H groups in total. The Labute approximate surface area is 413 Å². The summed E-state index contributed by atoms with van der Waals surface area (Å²) in [7, 11) is 3.45. The highest BCUT2D eigenvalue weighted by Gasteiger charge is 2.26. The second kappa shape index (κ2) is 29.5. The molecule has 27 heteroatoms. The van der Waals surface area contributed by atoms with Crippen molar-refractivity contribution in [1.82, 2.24) is 16.0 Å². The Morgan fingerprint density at radius 2 is 0.903 bits per heavy atom. The molecule has 0 saturated carbocycles. The highest BCUT2D eigenvalue weighted by molar-refractivity contribution is 5.98. The summed E-state index contributed by atoms with van der Waals surface area (Å²) in [6, 6.07) is 1.91. The third-order valence-electron chi connectivity index (χ3n) is 9.88. The highest BCUT2D eigenvalue weighted by Crippen LogP contribution is 2.36. The topological polar surface area (TPSA) is 427 Å². The zero-order chi connectivity index (χ0) is 53.3. The van der Waals surface area contributed by atoms with Crippen molar-refractivity contribution in [2.45, 2.75) is 70.5 Å². The number of nitrogens with one attached hydrogen (secondary N) is 3. The van der Waals surface area contributed by atoms with Crippen LogP contribution in [-0.4, -0.2) is 139 Å². The minimum atomic E-state index is -1.14. The summed E-state index contributed by atoms with van der Waals surface area (Å²) in [4.78, 5) is 104. The SMILES string of the molecule is COC(=O)[C@H](CCCN=C(N)N)NC(=O)COc1cc(OCC(=O)N[C@@H](CCCN=C(N)N)C(=O)OC)c2c(=O)c3c(OCC(=O)N[C@@H](CCCN=C(N)N)C(=O)OC)cc(OCC=C(C)C)cc3oc2c1. The molecular weight excluding hydrogens is 949 g/mol. The lowest BCUT2D eigenvalue weighted by Gasteiger charge is -2.18. The van der Waals surface area contributed by atoms with Crippen molar-refractivity contribution in [3.63, 3.8) is 0 Å². The van der Waals surface area contributed by atoms with E-state index in [0.29, 0.717) is 12.8 Å². The number of nitrogens with two attached hydrogens (primary N) is 6. The van der Waals surface area contributed by atoms with E-state index in [1.54, 1.807) is 6.08 Å². The average molecular weight is 1010 g/mol. The van der Waals surface area contributed by atoms with Gasteiger partial charge in [-0.15, -0.1) is 0 Å². The van der Waals surface area contributed by atoms with Crippen molar-refractivity contribution in [1.29, 1.82) is 0 Å². The molecule has 0 spiro atoms. The number of carbonyl (C=O) groups excluding carboxylic acids is 6. The fourth-order valence-electron chi connectivity index (χ4n) is 6.51. The number of nitrogens with zero attached hydrogens (tertiary/aromatic N) is 3. The smallest absolute Gasteiger partial charge is 0.328 e. The Hall–Kier alpha value is -8.52. The van der Waals surface area contributed by atoms with Gasteiger partial charge in [0.2, 0.25) is 5.43 Å². The third kappa shape index (κ3) is 19.5. The molecule has 3 amide bonds. The molecule has 3 rings (SSSR count). The number of benzene rings is 2. The molecule has 0 radical (unpaired) electrons. The molecule has 0 fully saturated rings. The number of hydrogen-bond acceptors (Lipinski definition) is 18. The Kier molecular flexibility index (Phi) is 23.7. The van der Waals surface area contributed by atoms with Gasteiger partial charge in [0, 0.05) is 43.9 Å². The minimum absolute atomic E-state index is 0.0792. The van der Waals surface area contributed by atoms with Crippen molar-refractivity contribution in [3.8, 4) is 23.0 Å². The fraction of sp³-hybridized carbons (Fsp3) is 0.467. The summed E-state index contributed by atoms with van der Waals surface area (Å²) in [6.07, 6.45) is 2.98. The zero-order valence-electron chi connectivity index (χ0n) is 40.7. The van der Waals surface area contributed by atoms with E-state index in [-0.39, 0.29) is 115 Å². The van der Waals surface area contributed by atoms with Crippen LogP contribution in [0.25, 0.3) is 21.9 Å². The van der Waals surface area contributed by atoms with Gasteiger partial charge in [0.1, 0.15) is 69.7 Å². The largest absolute Gasteiger partial charge is 0.489 e. The van der Waals surface area contributed by atoms with Gasteiger partial charge in [0.25, 0.3) is 17.7 Å². The number of fused-ring (bicyclic) bond motifs is 2. The van der Waals surface area contributed by atoms with Crippen LogP contribution in [0.15, 0.2) is 60.1 Å². The first-order valence-corrected chi connectivity index (χ1v) is 22.3. The molecule has 1 heterocycles. The van der Waals surface area contributed by atoms with Crippen molar-refractivity contribution in [3.05, 3.63) is 46.1 Å². The summed E-state index contributed by atoms with van der Waals surface area (Å²) in [5, 5.41) is 7.16. The van der Waals surface area contributed by atoms with Crippen LogP contribution in [0.3, 0.4) is 0 Å².